The maximum absolute atomic E-state index is 12.2. The standard InChI is InChI=1S/C24H26N2O5/c27-23(25-12-11-18-14-26-22-6-2-1-5-21(18)22)16-31-24(28)17-7-9-19(10-8-17)30-15-20-4-3-13-29-20/h1-2,5-10,14,20,26H,3-4,11-13,15-16H2,(H,25,27)/t20-/m1/s1. The SMILES string of the molecule is O=C(COC(=O)c1ccc(OC[C@H]2CCCO2)cc1)NCCc1c[nH]c2ccccc12. The van der Waals surface area contributed by atoms with Crippen molar-refractivity contribution in [2.75, 3.05) is 26.4 Å². The smallest absolute Gasteiger partial charge is 0.338 e. The number of benzene rings is 2. The first-order valence-corrected chi connectivity index (χ1v) is 10.5. The molecular formula is C24H26N2O5. The number of fused-ring (bicyclic) bond motifs is 1. The van der Waals surface area contributed by atoms with Gasteiger partial charge in [0, 0.05) is 30.3 Å². The summed E-state index contributed by atoms with van der Waals surface area (Å²) in [5.74, 6) is -0.204. The Labute approximate surface area is 180 Å². The van der Waals surface area contributed by atoms with Crippen LogP contribution in [0.15, 0.2) is 54.7 Å². The predicted octanol–water partition coefficient (Wildman–Crippen LogP) is 3.24. The molecule has 1 atom stereocenters. The van der Waals surface area contributed by atoms with Gasteiger partial charge in [0.25, 0.3) is 5.91 Å². The number of H-pyrrole nitrogens is 1. The van der Waals surface area contributed by atoms with Crippen molar-refractivity contribution in [3.8, 4) is 5.75 Å². The molecule has 1 aromatic heterocycles. The number of para-hydroxylation sites is 1. The molecule has 0 bridgehead atoms. The molecule has 2 aromatic carbocycles. The molecule has 1 aliphatic heterocycles. The summed E-state index contributed by atoms with van der Waals surface area (Å²) < 4.78 is 16.3. The van der Waals surface area contributed by atoms with Crippen LogP contribution in [0.25, 0.3) is 10.9 Å². The highest BCUT2D eigenvalue weighted by Crippen LogP contribution is 2.18. The highest BCUT2D eigenvalue weighted by Gasteiger charge is 2.16. The van der Waals surface area contributed by atoms with Gasteiger partial charge in [0.2, 0.25) is 0 Å². The van der Waals surface area contributed by atoms with Crippen LogP contribution < -0.4 is 10.1 Å². The van der Waals surface area contributed by atoms with Crippen molar-refractivity contribution in [3.05, 3.63) is 65.9 Å². The minimum atomic E-state index is -0.544. The zero-order valence-corrected chi connectivity index (χ0v) is 17.3. The summed E-state index contributed by atoms with van der Waals surface area (Å²) in [6.07, 6.45) is 4.85. The first-order chi connectivity index (χ1) is 15.2. The van der Waals surface area contributed by atoms with Crippen LogP contribution in [0.2, 0.25) is 0 Å². The van der Waals surface area contributed by atoms with Crippen molar-refractivity contribution in [1.82, 2.24) is 10.3 Å². The second-order valence-electron chi connectivity index (χ2n) is 7.51. The lowest BCUT2D eigenvalue weighted by molar-refractivity contribution is -0.124. The maximum atomic E-state index is 12.2. The fraction of sp³-hybridized carbons (Fsp3) is 0.333. The number of aromatic nitrogens is 1. The van der Waals surface area contributed by atoms with Gasteiger partial charge in [-0.2, -0.15) is 0 Å². The van der Waals surface area contributed by atoms with E-state index < -0.39 is 5.97 Å². The minimum absolute atomic E-state index is 0.138. The van der Waals surface area contributed by atoms with Crippen molar-refractivity contribution in [1.29, 1.82) is 0 Å². The van der Waals surface area contributed by atoms with E-state index >= 15 is 0 Å². The largest absolute Gasteiger partial charge is 0.491 e. The Morgan fingerprint density at radius 2 is 1.97 bits per heavy atom. The number of aromatic amines is 1. The minimum Gasteiger partial charge on any atom is -0.491 e. The number of amides is 1. The van der Waals surface area contributed by atoms with Crippen molar-refractivity contribution in [3.63, 3.8) is 0 Å². The van der Waals surface area contributed by atoms with E-state index in [1.807, 2.05) is 30.5 Å². The van der Waals surface area contributed by atoms with Crippen LogP contribution in [-0.4, -0.2) is 49.3 Å². The van der Waals surface area contributed by atoms with E-state index in [2.05, 4.69) is 10.3 Å². The average Bonchev–Trinajstić information content (AvgIpc) is 3.47. The monoisotopic (exact) mass is 422 g/mol. The molecule has 1 aliphatic rings. The lowest BCUT2D eigenvalue weighted by Gasteiger charge is -2.11. The van der Waals surface area contributed by atoms with Gasteiger partial charge in [-0.3, -0.25) is 4.79 Å². The molecule has 1 fully saturated rings. The second-order valence-corrected chi connectivity index (χ2v) is 7.51. The molecule has 1 amide bonds. The van der Waals surface area contributed by atoms with E-state index in [1.165, 1.54) is 0 Å². The van der Waals surface area contributed by atoms with Crippen molar-refractivity contribution < 1.29 is 23.8 Å². The van der Waals surface area contributed by atoms with E-state index in [9.17, 15) is 9.59 Å². The van der Waals surface area contributed by atoms with Crippen LogP contribution in [0.4, 0.5) is 0 Å². The van der Waals surface area contributed by atoms with Crippen molar-refractivity contribution in [2.24, 2.45) is 0 Å². The third-order valence-corrected chi connectivity index (χ3v) is 5.28. The first-order valence-electron chi connectivity index (χ1n) is 10.5. The maximum Gasteiger partial charge on any atom is 0.338 e. The fourth-order valence-electron chi connectivity index (χ4n) is 3.59. The number of carbonyl (C=O) groups excluding carboxylic acids is 2. The summed E-state index contributed by atoms with van der Waals surface area (Å²) in [5.41, 5.74) is 2.58. The predicted molar refractivity (Wildman–Crippen MR) is 116 cm³/mol. The summed E-state index contributed by atoms with van der Waals surface area (Å²) in [5, 5.41) is 3.93. The number of ether oxygens (including phenoxy) is 3. The molecule has 2 N–H and O–H groups in total. The van der Waals surface area contributed by atoms with E-state index in [0.717, 1.165) is 35.9 Å². The lowest BCUT2D eigenvalue weighted by atomic mass is 10.1. The van der Waals surface area contributed by atoms with Crippen LogP contribution in [0.3, 0.4) is 0 Å². The zero-order valence-electron chi connectivity index (χ0n) is 17.3. The van der Waals surface area contributed by atoms with Gasteiger partial charge in [-0.25, -0.2) is 4.79 Å². The molecule has 0 unspecified atom stereocenters. The van der Waals surface area contributed by atoms with Gasteiger partial charge >= 0.3 is 5.97 Å². The Morgan fingerprint density at radius 3 is 2.77 bits per heavy atom. The van der Waals surface area contributed by atoms with Crippen LogP contribution in [0, 0.1) is 0 Å². The number of rotatable bonds is 9. The number of esters is 1. The average molecular weight is 422 g/mol. The second kappa shape index (κ2) is 10.1. The summed E-state index contributed by atoms with van der Waals surface area (Å²) in [4.78, 5) is 27.4. The zero-order chi connectivity index (χ0) is 21.5. The number of hydrogen-bond acceptors (Lipinski definition) is 5. The first kappa shape index (κ1) is 20.9. The molecule has 0 saturated carbocycles. The Morgan fingerprint density at radius 1 is 1.13 bits per heavy atom. The van der Waals surface area contributed by atoms with Gasteiger partial charge in [0.05, 0.1) is 11.7 Å². The van der Waals surface area contributed by atoms with Crippen LogP contribution in [0.1, 0.15) is 28.8 Å². The number of nitrogens with one attached hydrogen (secondary N) is 2. The van der Waals surface area contributed by atoms with E-state index in [-0.39, 0.29) is 18.6 Å². The Kier molecular flexibility index (Phi) is 6.84. The quantitative estimate of drug-likeness (QED) is 0.517. The number of carbonyl (C=O) groups is 2. The van der Waals surface area contributed by atoms with E-state index in [1.54, 1.807) is 24.3 Å². The normalized spacial score (nSPS) is 15.7. The van der Waals surface area contributed by atoms with E-state index in [0.29, 0.717) is 30.9 Å². The van der Waals surface area contributed by atoms with Crippen LogP contribution >= 0.6 is 0 Å². The highest BCUT2D eigenvalue weighted by atomic mass is 16.5. The van der Waals surface area contributed by atoms with Gasteiger partial charge in [-0.1, -0.05) is 18.2 Å². The highest BCUT2D eigenvalue weighted by molar-refractivity contribution is 5.91. The van der Waals surface area contributed by atoms with E-state index in [4.69, 9.17) is 14.2 Å². The molecule has 1 saturated heterocycles. The third kappa shape index (κ3) is 5.64. The summed E-state index contributed by atoms with van der Waals surface area (Å²) in [6.45, 7) is 1.44. The van der Waals surface area contributed by atoms with Gasteiger partial charge in [-0.05, 0) is 55.2 Å². The molecule has 0 spiro atoms. The Bertz CT molecular complexity index is 1020. The topological polar surface area (TPSA) is 89.7 Å². The molecule has 4 rings (SSSR count). The number of hydrogen-bond donors (Lipinski definition) is 2. The molecule has 2 heterocycles. The fourth-order valence-corrected chi connectivity index (χ4v) is 3.59. The molecule has 7 nitrogen and oxygen atoms in total. The van der Waals surface area contributed by atoms with Gasteiger partial charge in [0.15, 0.2) is 6.61 Å². The summed E-state index contributed by atoms with van der Waals surface area (Å²) >= 11 is 0. The summed E-state index contributed by atoms with van der Waals surface area (Å²) in [6, 6.07) is 14.7. The van der Waals surface area contributed by atoms with Crippen molar-refractivity contribution >= 4 is 22.8 Å². The third-order valence-electron chi connectivity index (χ3n) is 5.28. The lowest BCUT2D eigenvalue weighted by Crippen LogP contribution is -2.30. The Balaban J connectivity index is 1.17. The Hall–Kier alpha value is -3.32. The van der Waals surface area contributed by atoms with Crippen LogP contribution in [-0.2, 0) is 20.7 Å². The van der Waals surface area contributed by atoms with Gasteiger partial charge < -0.3 is 24.5 Å². The van der Waals surface area contributed by atoms with Crippen molar-refractivity contribution in [2.45, 2.75) is 25.4 Å². The molecule has 3 aromatic rings. The van der Waals surface area contributed by atoms with Crippen LogP contribution in [0.5, 0.6) is 5.75 Å². The molecule has 162 valence electrons. The molecule has 31 heavy (non-hydrogen) atoms. The van der Waals surface area contributed by atoms with Gasteiger partial charge in [-0.15, -0.1) is 0 Å². The molecule has 0 radical (unpaired) electrons. The summed E-state index contributed by atoms with van der Waals surface area (Å²) in [7, 11) is 0. The molecule has 7 heteroatoms. The molecular weight excluding hydrogens is 396 g/mol. The molecule has 0 aliphatic carbocycles. The van der Waals surface area contributed by atoms with Gasteiger partial charge in [0.1, 0.15) is 12.4 Å².